The average molecular weight is 277 g/mol. The maximum atomic E-state index is 9.47. The van der Waals surface area contributed by atoms with E-state index in [1.54, 1.807) is 36.5 Å². The number of benzene rings is 2. The fourth-order valence-corrected chi connectivity index (χ4v) is 1.70. The van der Waals surface area contributed by atoms with E-state index in [4.69, 9.17) is 16.3 Å². The van der Waals surface area contributed by atoms with E-state index >= 15 is 0 Å². The minimum atomic E-state index is 0.0995. The number of hydrazone groups is 1. The van der Waals surface area contributed by atoms with Crippen molar-refractivity contribution in [3.63, 3.8) is 0 Å². The zero-order valence-corrected chi connectivity index (χ0v) is 11.1. The summed E-state index contributed by atoms with van der Waals surface area (Å²) in [5.41, 5.74) is 4.48. The average Bonchev–Trinajstić information content (AvgIpc) is 2.41. The lowest BCUT2D eigenvalue weighted by Crippen LogP contribution is -1.91. The molecule has 0 spiro atoms. The number of anilines is 1. The minimum Gasteiger partial charge on any atom is -0.504 e. The number of hydrogen-bond donors (Lipinski definition) is 2. The van der Waals surface area contributed by atoms with Crippen LogP contribution in [0.25, 0.3) is 0 Å². The van der Waals surface area contributed by atoms with Crippen LogP contribution >= 0.6 is 11.6 Å². The molecule has 2 aromatic carbocycles. The highest BCUT2D eigenvalue weighted by molar-refractivity contribution is 6.30. The number of nitrogens with one attached hydrogen (secondary N) is 1. The number of phenols is 1. The third kappa shape index (κ3) is 3.63. The van der Waals surface area contributed by atoms with Crippen LogP contribution in [-0.2, 0) is 0 Å². The summed E-state index contributed by atoms with van der Waals surface area (Å²) in [7, 11) is 1.50. The summed E-state index contributed by atoms with van der Waals surface area (Å²) in [5, 5.41) is 14.2. The Balaban J connectivity index is 2.07. The molecule has 5 heteroatoms. The Bertz CT molecular complexity index is 600. The van der Waals surface area contributed by atoms with E-state index in [1.807, 2.05) is 12.1 Å². The van der Waals surface area contributed by atoms with Crippen LogP contribution in [0.1, 0.15) is 5.56 Å². The normalized spacial score (nSPS) is 10.6. The Labute approximate surface area is 116 Å². The van der Waals surface area contributed by atoms with Gasteiger partial charge in [-0.15, -0.1) is 0 Å². The van der Waals surface area contributed by atoms with Gasteiger partial charge in [0, 0.05) is 5.02 Å². The molecule has 0 saturated heterocycles. The smallest absolute Gasteiger partial charge is 0.161 e. The van der Waals surface area contributed by atoms with Gasteiger partial charge in [0.15, 0.2) is 11.5 Å². The highest BCUT2D eigenvalue weighted by atomic mass is 35.5. The molecule has 0 saturated carbocycles. The second-order valence-corrected chi connectivity index (χ2v) is 4.25. The van der Waals surface area contributed by atoms with Crippen molar-refractivity contribution in [2.24, 2.45) is 5.10 Å². The summed E-state index contributed by atoms with van der Waals surface area (Å²) < 4.78 is 5.02. The van der Waals surface area contributed by atoms with Gasteiger partial charge in [0.25, 0.3) is 0 Å². The molecule has 4 nitrogen and oxygen atoms in total. The third-order valence-corrected chi connectivity index (χ3v) is 2.67. The van der Waals surface area contributed by atoms with Crippen molar-refractivity contribution in [1.29, 1.82) is 0 Å². The summed E-state index contributed by atoms with van der Waals surface area (Å²) in [6.45, 7) is 0. The van der Waals surface area contributed by atoms with Gasteiger partial charge in [-0.2, -0.15) is 5.10 Å². The molecule has 0 aliphatic heterocycles. The van der Waals surface area contributed by atoms with Crippen molar-refractivity contribution in [2.75, 3.05) is 12.5 Å². The standard InChI is InChI=1S/C14H13ClN2O2/c1-19-14-7-10(5-6-13(14)18)9-16-17-12-4-2-3-11(15)8-12/h2-9,17-18H,1H3/b16-9+. The van der Waals surface area contributed by atoms with Gasteiger partial charge in [0.1, 0.15) is 0 Å². The first kappa shape index (κ1) is 13.2. The van der Waals surface area contributed by atoms with Gasteiger partial charge < -0.3 is 9.84 Å². The highest BCUT2D eigenvalue weighted by Crippen LogP contribution is 2.25. The molecule has 2 rings (SSSR count). The summed E-state index contributed by atoms with van der Waals surface area (Å²) in [6.07, 6.45) is 1.63. The molecular weight excluding hydrogens is 264 g/mol. The number of hydrogen-bond acceptors (Lipinski definition) is 4. The molecule has 0 bridgehead atoms. The van der Waals surface area contributed by atoms with E-state index in [2.05, 4.69) is 10.5 Å². The van der Waals surface area contributed by atoms with E-state index in [1.165, 1.54) is 7.11 Å². The Hall–Kier alpha value is -2.20. The van der Waals surface area contributed by atoms with Gasteiger partial charge in [-0.1, -0.05) is 17.7 Å². The van der Waals surface area contributed by atoms with Crippen molar-refractivity contribution in [3.8, 4) is 11.5 Å². The molecule has 2 N–H and O–H groups in total. The number of rotatable bonds is 4. The summed E-state index contributed by atoms with van der Waals surface area (Å²) in [5.74, 6) is 0.508. The Morgan fingerprint density at radius 2 is 2.11 bits per heavy atom. The molecule has 0 amide bonds. The first-order valence-corrected chi connectivity index (χ1v) is 5.98. The van der Waals surface area contributed by atoms with Crippen molar-refractivity contribution in [2.45, 2.75) is 0 Å². The fourth-order valence-electron chi connectivity index (χ4n) is 1.51. The highest BCUT2D eigenvalue weighted by Gasteiger charge is 2.00. The molecule has 0 fully saturated rings. The van der Waals surface area contributed by atoms with E-state index in [0.29, 0.717) is 10.8 Å². The van der Waals surface area contributed by atoms with Crippen LogP contribution in [0.3, 0.4) is 0 Å². The van der Waals surface area contributed by atoms with Crippen LogP contribution in [-0.4, -0.2) is 18.4 Å². The maximum Gasteiger partial charge on any atom is 0.161 e. The number of methoxy groups -OCH3 is 1. The maximum absolute atomic E-state index is 9.47. The van der Waals surface area contributed by atoms with Crippen molar-refractivity contribution >= 4 is 23.5 Å². The Morgan fingerprint density at radius 1 is 1.26 bits per heavy atom. The summed E-state index contributed by atoms with van der Waals surface area (Å²) in [4.78, 5) is 0. The lowest BCUT2D eigenvalue weighted by Gasteiger charge is -2.04. The predicted octanol–water partition coefficient (Wildman–Crippen LogP) is 3.50. The summed E-state index contributed by atoms with van der Waals surface area (Å²) >= 11 is 5.86. The molecule has 0 aromatic heterocycles. The van der Waals surface area contributed by atoms with Crippen LogP contribution in [0.2, 0.25) is 5.02 Å². The molecule has 0 aliphatic carbocycles. The molecule has 2 aromatic rings. The monoisotopic (exact) mass is 276 g/mol. The molecule has 0 unspecified atom stereocenters. The number of phenolic OH excluding ortho intramolecular Hbond substituents is 1. The lowest BCUT2D eigenvalue weighted by molar-refractivity contribution is 0.373. The molecule has 0 atom stereocenters. The van der Waals surface area contributed by atoms with E-state index in [-0.39, 0.29) is 5.75 Å². The van der Waals surface area contributed by atoms with Gasteiger partial charge in [-0.05, 0) is 42.0 Å². The zero-order chi connectivity index (χ0) is 13.7. The molecule has 19 heavy (non-hydrogen) atoms. The number of halogens is 1. The third-order valence-electron chi connectivity index (χ3n) is 2.44. The molecule has 98 valence electrons. The predicted molar refractivity (Wildman–Crippen MR) is 77.3 cm³/mol. The number of ether oxygens (including phenoxy) is 1. The van der Waals surface area contributed by atoms with E-state index in [0.717, 1.165) is 11.3 Å². The van der Waals surface area contributed by atoms with Gasteiger partial charge in [0.05, 0.1) is 19.0 Å². The quantitative estimate of drug-likeness (QED) is 0.664. The van der Waals surface area contributed by atoms with E-state index < -0.39 is 0 Å². The first-order valence-electron chi connectivity index (χ1n) is 5.60. The number of nitrogens with zero attached hydrogens (tertiary/aromatic N) is 1. The Morgan fingerprint density at radius 3 is 2.84 bits per heavy atom. The van der Waals surface area contributed by atoms with Crippen molar-refractivity contribution in [3.05, 3.63) is 53.1 Å². The SMILES string of the molecule is COc1cc(/C=N/Nc2cccc(Cl)c2)ccc1O. The minimum absolute atomic E-state index is 0.0995. The van der Waals surface area contributed by atoms with Crippen LogP contribution < -0.4 is 10.2 Å². The van der Waals surface area contributed by atoms with E-state index in [9.17, 15) is 5.11 Å². The second-order valence-electron chi connectivity index (χ2n) is 3.81. The zero-order valence-electron chi connectivity index (χ0n) is 10.3. The lowest BCUT2D eigenvalue weighted by atomic mass is 10.2. The largest absolute Gasteiger partial charge is 0.504 e. The molecule has 0 aliphatic rings. The molecule has 0 radical (unpaired) electrons. The van der Waals surface area contributed by atoms with Gasteiger partial charge >= 0.3 is 0 Å². The second kappa shape index (κ2) is 6.11. The van der Waals surface area contributed by atoms with Crippen LogP contribution in [0.15, 0.2) is 47.6 Å². The fraction of sp³-hybridized carbons (Fsp3) is 0.0714. The van der Waals surface area contributed by atoms with Gasteiger partial charge in [0.2, 0.25) is 0 Å². The van der Waals surface area contributed by atoms with Crippen LogP contribution in [0, 0.1) is 0 Å². The first-order chi connectivity index (χ1) is 9.19. The van der Waals surface area contributed by atoms with Crippen molar-refractivity contribution in [1.82, 2.24) is 0 Å². The molecular formula is C14H13ClN2O2. The van der Waals surface area contributed by atoms with Crippen LogP contribution in [0.5, 0.6) is 11.5 Å². The topological polar surface area (TPSA) is 53.8 Å². The molecule has 0 heterocycles. The van der Waals surface area contributed by atoms with Crippen molar-refractivity contribution < 1.29 is 9.84 Å². The van der Waals surface area contributed by atoms with Gasteiger partial charge in [-0.3, -0.25) is 5.43 Å². The number of aromatic hydroxyl groups is 1. The van der Waals surface area contributed by atoms with Crippen LogP contribution in [0.4, 0.5) is 5.69 Å². The Kier molecular flexibility index (Phi) is 4.26. The van der Waals surface area contributed by atoms with Gasteiger partial charge in [-0.25, -0.2) is 0 Å². The summed E-state index contributed by atoms with van der Waals surface area (Å²) in [6, 6.07) is 12.3.